The molecule has 0 unspecified atom stereocenters. The highest BCUT2D eigenvalue weighted by molar-refractivity contribution is 5.50. The van der Waals surface area contributed by atoms with Crippen LogP contribution < -0.4 is 10.1 Å². The van der Waals surface area contributed by atoms with Crippen LogP contribution in [-0.4, -0.2) is 37.1 Å². The molecule has 0 atom stereocenters. The van der Waals surface area contributed by atoms with E-state index >= 15 is 0 Å². The lowest BCUT2D eigenvalue weighted by atomic mass is 9.74. The Labute approximate surface area is 108 Å². The van der Waals surface area contributed by atoms with Gasteiger partial charge in [-0.3, -0.25) is 0 Å². The summed E-state index contributed by atoms with van der Waals surface area (Å²) < 4.78 is 10.7. The normalized spacial score (nSPS) is 26.5. The summed E-state index contributed by atoms with van der Waals surface area (Å²) in [4.78, 5) is 0. The highest BCUT2D eigenvalue weighted by atomic mass is 16.5. The van der Waals surface area contributed by atoms with E-state index in [9.17, 15) is 5.11 Å². The zero-order valence-electron chi connectivity index (χ0n) is 11.0. The number of aliphatic hydroxyl groups excluding tert-OH is 1. The minimum Gasteiger partial charge on any atom is -0.497 e. The fraction of sp³-hybridized carbons (Fsp3) is 0.571. The molecule has 0 aromatic heterocycles. The molecule has 2 rings (SSSR count). The molecule has 4 heteroatoms. The molecule has 0 bridgehead atoms. The molecule has 100 valence electrons. The molecule has 0 spiro atoms. The molecule has 1 fully saturated rings. The first-order chi connectivity index (χ1) is 8.71. The predicted octanol–water partition coefficient (Wildman–Crippen LogP) is 2.04. The van der Waals surface area contributed by atoms with Gasteiger partial charge in [-0.15, -0.1) is 0 Å². The zero-order chi connectivity index (χ0) is 13.0. The van der Waals surface area contributed by atoms with E-state index in [1.807, 2.05) is 31.2 Å². The summed E-state index contributed by atoms with van der Waals surface area (Å²) in [6, 6.07) is 7.75. The van der Waals surface area contributed by atoms with Crippen LogP contribution in [0.5, 0.6) is 5.75 Å². The second kappa shape index (κ2) is 5.59. The van der Waals surface area contributed by atoms with E-state index in [0.717, 1.165) is 30.9 Å². The van der Waals surface area contributed by atoms with Crippen molar-refractivity contribution < 1.29 is 14.6 Å². The van der Waals surface area contributed by atoms with Crippen molar-refractivity contribution in [2.24, 2.45) is 0 Å². The van der Waals surface area contributed by atoms with Gasteiger partial charge in [0.25, 0.3) is 0 Å². The standard InChI is InChI=1S/C14H21NO3/c1-3-18-13-8-14(9-13,10-16)15-11-5-4-6-12(7-11)17-2/h4-7,13,15-16H,3,8-10H2,1-2H3. The molecular formula is C14H21NO3. The summed E-state index contributed by atoms with van der Waals surface area (Å²) in [5.74, 6) is 0.814. The lowest BCUT2D eigenvalue weighted by Gasteiger charge is -2.47. The number of hydrogen-bond donors (Lipinski definition) is 2. The maximum Gasteiger partial charge on any atom is 0.120 e. The first-order valence-corrected chi connectivity index (χ1v) is 6.36. The highest BCUT2D eigenvalue weighted by Crippen LogP contribution is 2.37. The molecule has 0 aliphatic heterocycles. The monoisotopic (exact) mass is 251 g/mol. The molecule has 1 aromatic carbocycles. The third kappa shape index (κ3) is 2.76. The van der Waals surface area contributed by atoms with Gasteiger partial charge in [-0.1, -0.05) is 6.07 Å². The highest BCUT2D eigenvalue weighted by Gasteiger charge is 2.44. The SMILES string of the molecule is CCOC1CC(CO)(Nc2cccc(OC)c2)C1. The number of ether oxygens (including phenoxy) is 2. The van der Waals surface area contributed by atoms with Crippen LogP contribution in [0.3, 0.4) is 0 Å². The molecule has 0 saturated heterocycles. The molecule has 0 amide bonds. The van der Waals surface area contributed by atoms with E-state index in [-0.39, 0.29) is 18.2 Å². The predicted molar refractivity (Wildman–Crippen MR) is 71.1 cm³/mol. The summed E-state index contributed by atoms with van der Waals surface area (Å²) in [5.41, 5.74) is 0.727. The van der Waals surface area contributed by atoms with Gasteiger partial charge in [0.15, 0.2) is 0 Å². The third-order valence-electron chi connectivity index (χ3n) is 3.42. The Balaban J connectivity index is 1.98. The molecule has 1 aliphatic rings. The minimum atomic E-state index is -0.244. The number of methoxy groups -OCH3 is 1. The Bertz CT molecular complexity index is 388. The third-order valence-corrected chi connectivity index (χ3v) is 3.42. The Hall–Kier alpha value is -1.26. The van der Waals surface area contributed by atoms with Gasteiger partial charge in [0.1, 0.15) is 5.75 Å². The average Bonchev–Trinajstić information content (AvgIpc) is 2.36. The van der Waals surface area contributed by atoms with E-state index in [1.54, 1.807) is 7.11 Å². The number of nitrogens with one attached hydrogen (secondary N) is 1. The lowest BCUT2D eigenvalue weighted by Crippen LogP contribution is -2.56. The van der Waals surface area contributed by atoms with Crippen molar-refractivity contribution in [3.63, 3.8) is 0 Å². The first kappa shape index (κ1) is 13.2. The van der Waals surface area contributed by atoms with Crippen LogP contribution in [0, 0.1) is 0 Å². The Morgan fingerprint density at radius 3 is 2.83 bits per heavy atom. The van der Waals surface area contributed by atoms with Gasteiger partial charge in [-0.05, 0) is 31.9 Å². The maximum absolute atomic E-state index is 9.56. The summed E-state index contributed by atoms with van der Waals surface area (Å²) >= 11 is 0. The number of hydrogen-bond acceptors (Lipinski definition) is 4. The van der Waals surface area contributed by atoms with Crippen molar-refractivity contribution in [1.29, 1.82) is 0 Å². The van der Waals surface area contributed by atoms with E-state index in [1.165, 1.54) is 0 Å². The van der Waals surface area contributed by atoms with Crippen molar-refractivity contribution in [2.75, 3.05) is 25.6 Å². The van der Waals surface area contributed by atoms with E-state index in [0.29, 0.717) is 0 Å². The first-order valence-electron chi connectivity index (χ1n) is 6.36. The molecule has 1 aliphatic carbocycles. The molecule has 4 nitrogen and oxygen atoms in total. The van der Waals surface area contributed by atoms with E-state index in [4.69, 9.17) is 9.47 Å². The Morgan fingerprint density at radius 1 is 1.44 bits per heavy atom. The van der Waals surface area contributed by atoms with E-state index < -0.39 is 0 Å². The molecule has 2 N–H and O–H groups in total. The van der Waals surface area contributed by atoms with E-state index in [2.05, 4.69) is 5.32 Å². The van der Waals surface area contributed by atoms with Crippen molar-refractivity contribution in [3.8, 4) is 5.75 Å². The van der Waals surface area contributed by atoms with Gasteiger partial charge in [0, 0.05) is 18.4 Å². The van der Waals surface area contributed by atoms with Crippen LogP contribution in [0.4, 0.5) is 5.69 Å². The minimum absolute atomic E-state index is 0.119. The fourth-order valence-corrected chi connectivity index (χ4v) is 2.44. The smallest absolute Gasteiger partial charge is 0.120 e. The van der Waals surface area contributed by atoms with Crippen LogP contribution >= 0.6 is 0 Å². The van der Waals surface area contributed by atoms with Gasteiger partial charge in [-0.25, -0.2) is 0 Å². The Morgan fingerprint density at radius 2 is 2.22 bits per heavy atom. The van der Waals surface area contributed by atoms with Crippen LogP contribution in [0.1, 0.15) is 19.8 Å². The molecule has 0 heterocycles. The average molecular weight is 251 g/mol. The number of aliphatic hydroxyl groups is 1. The summed E-state index contributed by atoms with van der Waals surface area (Å²) in [5, 5.41) is 13.0. The molecule has 1 saturated carbocycles. The molecule has 18 heavy (non-hydrogen) atoms. The quantitative estimate of drug-likeness (QED) is 0.812. The Kier molecular flexibility index (Phi) is 4.09. The van der Waals surface area contributed by atoms with Crippen LogP contribution in [-0.2, 0) is 4.74 Å². The largest absolute Gasteiger partial charge is 0.497 e. The zero-order valence-corrected chi connectivity index (χ0v) is 11.0. The van der Waals surface area contributed by atoms with Crippen molar-refractivity contribution in [1.82, 2.24) is 0 Å². The number of benzene rings is 1. The fourth-order valence-electron chi connectivity index (χ4n) is 2.44. The number of rotatable bonds is 6. The van der Waals surface area contributed by atoms with Gasteiger partial charge >= 0.3 is 0 Å². The summed E-state index contributed by atoms with van der Waals surface area (Å²) in [7, 11) is 1.65. The van der Waals surface area contributed by atoms with Gasteiger partial charge in [0.2, 0.25) is 0 Å². The maximum atomic E-state index is 9.56. The summed E-state index contributed by atoms with van der Waals surface area (Å²) in [6.45, 7) is 2.84. The molecule has 0 radical (unpaired) electrons. The van der Waals surface area contributed by atoms with Gasteiger partial charge < -0.3 is 19.9 Å². The van der Waals surface area contributed by atoms with Crippen molar-refractivity contribution in [3.05, 3.63) is 24.3 Å². The van der Waals surface area contributed by atoms with Crippen LogP contribution in [0.2, 0.25) is 0 Å². The molecule has 1 aromatic rings. The van der Waals surface area contributed by atoms with Crippen LogP contribution in [0.15, 0.2) is 24.3 Å². The van der Waals surface area contributed by atoms with Crippen LogP contribution in [0.25, 0.3) is 0 Å². The number of anilines is 1. The van der Waals surface area contributed by atoms with Crippen molar-refractivity contribution >= 4 is 5.69 Å². The summed E-state index contributed by atoms with van der Waals surface area (Å²) in [6.07, 6.45) is 1.95. The topological polar surface area (TPSA) is 50.7 Å². The molecular weight excluding hydrogens is 230 g/mol. The second-order valence-corrected chi connectivity index (χ2v) is 4.78. The van der Waals surface area contributed by atoms with Gasteiger partial charge in [-0.2, -0.15) is 0 Å². The lowest BCUT2D eigenvalue weighted by molar-refractivity contribution is -0.0458. The van der Waals surface area contributed by atoms with Gasteiger partial charge in [0.05, 0.1) is 25.4 Å². The van der Waals surface area contributed by atoms with Crippen molar-refractivity contribution in [2.45, 2.75) is 31.4 Å². The second-order valence-electron chi connectivity index (χ2n) is 4.78.